The Morgan fingerprint density at radius 2 is 1.10 bits per heavy atom. The molecule has 0 spiro atoms. The molecule has 4 unspecified atom stereocenters. The zero-order chi connectivity index (χ0) is 13.8. The molecule has 0 nitrogen and oxygen atoms in total. The van der Waals surface area contributed by atoms with Gasteiger partial charge in [0.15, 0.2) is 0 Å². The molecule has 0 amide bonds. The van der Waals surface area contributed by atoms with Gasteiger partial charge in [-0.05, 0) is 78.0 Å². The Balaban J connectivity index is 1.67. The molecule has 3 aliphatic carbocycles. The van der Waals surface area contributed by atoms with Crippen LogP contribution in [0.2, 0.25) is 0 Å². The normalized spacial score (nSPS) is 32.8. The molecular formula is C21H22. The third kappa shape index (κ3) is 1.68. The topological polar surface area (TPSA) is 0 Å². The molecule has 0 aromatic heterocycles. The fourth-order valence-corrected chi connectivity index (χ4v) is 5.61. The number of aryl methyl sites for hydroxylation is 2. The van der Waals surface area contributed by atoms with Gasteiger partial charge >= 0.3 is 0 Å². The van der Waals surface area contributed by atoms with Crippen LogP contribution in [-0.2, 0) is 12.8 Å². The lowest BCUT2D eigenvalue weighted by Gasteiger charge is -2.36. The van der Waals surface area contributed by atoms with Crippen LogP contribution >= 0.6 is 0 Å². The fraction of sp³-hybridized carbons (Fsp3) is 0.429. The lowest BCUT2D eigenvalue weighted by atomic mass is 9.68. The monoisotopic (exact) mass is 274 g/mol. The second kappa shape index (κ2) is 4.47. The summed E-state index contributed by atoms with van der Waals surface area (Å²) in [5.41, 5.74) is 6.61. The predicted octanol–water partition coefficient (Wildman–Crippen LogP) is 5.08. The van der Waals surface area contributed by atoms with E-state index in [1.165, 1.54) is 32.1 Å². The maximum atomic E-state index is 2.42. The summed E-state index contributed by atoms with van der Waals surface area (Å²) in [5, 5.41) is 0. The Bertz CT molecular complexity index is 624. The second-order valence-corrected chi connectivity index (χ2v) is 7.28. The standard InChI is InChI=1S/C21H22/c1-3-7-18-14(5-1)9-11-16-13-17-12-10-15-6-2-4-8-19(15)21(17)20(16)18/h1-8,16-17,20-21H,9-13H2. The van der Waals surface area contributed by atoms with Gasteiger partial charge in [-0.25, -0.2) is 0 Å². The van der Waals surface area contributed by atoms with E-state index < -0.39 is 0 Å². The number of fused-ring (bicyclic) bond motifs is 7. The Morgan fingerprint density at radius 3 is 1.62 bits per heavy atom. The molecule has 106 valence electrons. The molecule has 0 aliphatic heterocycles. The zero-order valence-corrected chi connectivity index (χ0v) is 12.5. The number of hydrogen-bond donors (Lipinski definition) is 0. The highest BCUT2D eigenvalue weighted by atomic mass is 14.5. The zero-order valence-electron chi connectivity index (χ0n) is 12.5. The van der Waals surface area contributed by atoms with Gasteiger partial charge in [0, 0.05) is 0 Å². The van der Waals surface area contributed by atoms with Crippen molar-refractivity contribution in [3.05, 3.63) is 70.8 Å². The SMILES string of the molecule is c1ccc2c(c1)CCC1CC3CCc4ccccc4C3C21. The van der Waals surface area contributed by atoms with Gasteiger partial charge in [0.05, 0.1) is 0 Å². The first-order chi connectivity index (χ1) is 10.4. The molecule has 2 aromatic rings. The Kier molecular flexibility index (Phi) is 2.56. The molecule has 0 heterocycles. The van der Waals surface area contributed by atoms with Crippen LogP contribution in [0.5, 0.6) is 0 Å². The van der Waals surface area contributed by atoms with Gasteiger partial charge in [-0.1, -0.05) is 48.5 Å². The summed E-state index contributed by atoms with van der Waals surface area (Å²) in [6, 6.07) is 18.5. The molecule has 21 heavy (non-hydrogen) atoms. The van der Waals surface area contributed by atoms with E-state index in [0.717, 1.165) is 23.7 Å². The van der Waals surface area contributed by atoms with E-state index in [9.17, 15) is 0 Å². The lowest BCUT2D eigenvalue weighted by molar-refractivity contribution is 0.402. The third-order valence-electron chi connectivity index (χ3n) is 6.41. The highest BCUT2D eigenvalue weighted by Crippen LogP contribution is 2.60. The van der Waals surface area contributed by atoms with Crippen molar-refractivity contribution in [1.82, 2.24) is 0 Å². The third-order valence-corrected chi connectivity index (χ3v) is 6.41. The van der Waals surface area contributed by atoms with E-state index >= 15 is 0 Å². The van der Waals surface area contributed by atoms with Crippen LogP contribution in [0, 0.1) is 11.8 Å². The molecule has 1 fully saturated rings. The molecule has 5 rings (SSSR count). The second-order valence-electron chi connectivity index (χ2n) is 7.28. The predicted molar refractivity (Wildman–Crippen MR) is 86.6 cm³/mol. The Labute approximate surface area is 127 Å². The van der Waals surface area contributed by atoms with Crippen LogP contribution in [0.3, 0.4) is 0 Å². The highest BCUT2D eigenvalue weighted by Gasteiger charge is 2.48. The van der Waals surface area contributed by atoms with Crippen LogP contribution in [0.25, 0.3) is 0 Å². The van der Waals surface area contributed by atoms with Crippen LogP contribution in [0.1, 0.15) is 53.4 Å². The molecule has 0 N–H and O–H groups in total. The van der Waals surface area contributed by atoms with Crippen molar-refractivity contribution < 1.29 is 0 Å². The minimum absolute atomic E-state index is 0.793. The number of benzene rings is 2. The maximum absolute atomic E-state index is 2.42. The van der Waals surface area contributed by atoms with Crippen molar-refractivity contribution in [1.29, 1.82) is 0 Å². The summed E-state index contributed by atoms with van der Waals surface area (Å²) in [6.07, 6.45) is 6.91. The smallest absolute Gasteiger partial charge is 0.00590 e. The number of hydrogen-bond acceptors (Lipinski definition) is 0. The van der Waals surface area contributed by atoms with Gasteiger partial charge in [0.1, 0.15) is 0 Å². The van der Waals surface area contributed by atoms with E-state index in [2.05, 4.69) is 48.5 Å². The van der Waals surface area contributed by atoms with Gasteiger partial charge in [-0.3, -0.25) is 0 Å². The van der Waals surface area contributed by atoms with Gasteiger partial charge in [0.2, 0.25) is 0 Å². The van der Waals surface area contributed by atoms with Gasteiger partial charge in [-0.2, -0.15) is 0 Å². The minimum Gasteiger partial charge on any atom is -0.0620 e. The summed E-state index contributed by atoms with van der Waals surface area (Å²) in [6.45, 7) is 0. The van der Waals surface area contributed by atoms with Crippen molar-refractivity contribution in [2.45, 2.75) is 43.9 Å². The van der Waals surface area contributed by atoms with Crippen molar-refractivity contribution >= 4 is 0 Å². The summed E-state index contributed by atoms with van der Waals surface area (Å²) < 4.78 is 0. The molecule has 0 bridgehead atoms. The largest absolute Gasteiger partial charge is 0.0620 e. The van der Waals surface area contributed by atoms with Crippen LogP contribution < -0.4 is 0 Å². The quantitative estimate of drug-likeness (QED) is 0.628. The first-order valence-corrected chi connectivity index (χ1v) is 8.57. The molecule has 0 radical (unpaired) electrons. The van der Waals surface area contributed by atoms with E-state index in [1.54, 1.807) is 22.3 Å². The summed E-state index contributed by atoms with van der Waals surface area (Å²) in [4.78, 5) is 0. The first kappa shape index (κ1) is 12.0. The Morgan fingerprint density at radius 1 is 0.619 bits per heavy atom. The summed E-state index contributed by atoms with van der Waals surface area (Å²) in [5.74, 6) is 3.45. The van der Waals surface area contributed by atoms with Gasteiger partial charge in [0.25, 0.3) is 0 Å². The average molecular weight is 274 g/mol. The van der Waals surface area contributed by atoms with Crippen molar-refractivity contribution in [2.75, 3.05) is 0 Å². The van der Waals surface area contributed by atoms with E-state index in [1.807, 2.05) is 0 Å². The van der Waals surface area contributed by atoms with Crippen LogP contribution in [0.4, 0.5) is 0 Å². The Hall–Kier alpha value is -1.56. The van der Waals surface area contributed by atoms with Crippen molar-refractivity contribution in [3.63, 3.8) is 0 Å². The molecule has 0 heteroatoms. The summed E-state index contributed by atoms with van der Waals surface area (Å²) >= 11 is 0. The molecule has 2 aromatic carbocycles. The minimum atomic E-state index is 0.793. The first-order valence-electron chi connectivity index (χ1n) is 8.57. The van der Waals surface area contributed by atoms with E-state index in [0.29, 0.717) is 0 Å². The molecular weight excluding hydrogens is 252 g/mol. The van der Waals surface area contributed by atoms with Crippen molar-refractivity contribution in [2.24, 2.45) is 11.8 Å². The highest BCUT2D eigenvalue weighted by molar-refractivity contribution is 5.43. The van der Waals surface area contributed by atoms with E-state index in [4.69, 9.17) is 0 Å². The lowest BCUT2D eigenvalue weighted by Crippen LogP contribution is -2.23. The maximum Gasteiger partial charge on any atom is -0.00590 e. The van der Waals surface area contributed by atoms with Crippen LogP contribution in [-0.4, -0.2) is 0 Å². The molecule has 1 saturated carbocycles. The average Bonchev–Trinajstić information content (AvgIpc) is 2.94. The molecule has 4 atom stereocenters. The molecule has 3 aliphatic rings. The molecule has 0 saturated heterocycles. The van der Waals surface area contributed by atoms with Gasteiger partial charge < -0.3 is 0 Å². The number of rotatable bonds is 0. The van der Waals surface area contributed by atoms with Gasteiger partial charge in [-0.15, -0.1) is 0 Å². The van der Waals surface area contributed by atoms with E-state index in [-0.39, 0.29) is 0 Å². The fourth-order valence-electron chi connectivity index (χ4n) is 5.61. The summed E-state index contributed by atoms with van der Waals surface area (Å²) in [7, 11) is 0. The van der Waals surface area contributed by atoms with Crippen LogP contribution in [0.15, 0.2) is 48.5 Å². The van der Waals surface area contributed by atoms with Crippen molar-refractivity contribution in [3.8, 4) is 0 Å².